The van der Waals surface area contributed by atoms with Gasteiger partial charge in [-0.15, -0.1) is 0 Å². The summed E-state index contributed by atoms with van der Waals surface area (Å²) in [6, 6.07) is 0. The average Bonchev–Trinajstić information content (AvgIpc) is 2.58. The van der Waals surface area contributed by atoms with Crippen LogP contribution in [0.25, 0.3) is 0 Å². The van der Waals surface area contributed by atoms with E-state index in [4.69, 9.17) is 5.11 Å². The molecule has 102 valence electrons. The number of hydrogen-bond acceptors (Lipinski definition) is 4. The van der Waals surface area contributed by atoms with Gasteiger partial charge >= 0.3 is 4.87 Å². The molecular formula is C12H20N2O3S. The Bertz CT molecular complexity index is 464. The van der Waals surface area contributed by atoms with Crippen molar-refractivity contribution >= 4 is 17.2 Å². The predicted octanol–water partition coefficient (Wildman–Crippen LogP) is 0.661. The van der Waals surface area contributed by atoms with E-state index in [0.717, 1.165) is 10.6 Å². The van der Waals surface area contributed by atoms with Gasteiger partial charge in [-0.25, -0.2) is 0 Å². The Kier molecular flexibility index (Phi) is 5.55. The second-order valence-corrected chi connectivity index (χ2v) is 5.67. The summed E-state index contributed by atoms with van der Waals surface area (Å²) in [7, 11) is 0. The van der Waals surface area contributed by atoms with Gasteiger partial charge in [0.05, 0.1) is 0 Å². The maximum Gasteiger partial charge on any atom is 0.307 e. The molecule has 1 atom stereocenters. The summed E-state index contributed by atoms with van der Waals surface area (Å²) in [5.41, 5.74) is 0.932. The normalized spacial score (nSPS) is 12.4. The number of carbonyl (C=O) groups is 1. The lowest BCUT2D eigenvalue weighted by Crippen LogP contribution is -2.31. The first-order valence-electron chi connectivity index (χ1n) is 6.00. The lowest BCUT2D eigenvalue weighted by Gasteiger charge is -2.10. The van der Waals surface area contributed by atoms with E-state index in [1.54, 1.807) is 4.57 Å². The number of amides is 1. The van der Waals surface area contributed by atoms with Crippen LogP contribution in [0.15, 0.2) is 4.79 Å². The summed E-state index contributed by atoms with van der Waals surface area (Å²) < 4.78 is 1.63. The Morgan fingerprint density at radius 3 is 2.67 bits per heavy atom. The summed E-state index contributed by atoms with van der Waals surface area (Å²) in [5, 5.41) is 11.6. The maximum absolute atomic E-state index is 11.6. The van der Waals surface area contributed by atoms with E-state index in [2.05, 4.69) is 5.32 Å². The quantitative estimate of drug-likeness (QED) is 0.799. The molecule has 1 rings (SSSR count). The number of thiazole rings is 1. The van der Waals surface area contributed by atoms with Crippen LogP contribution in [0.3, 0.4) is 0 Å². The molecule has 18 heavy (non-hydrogen) atoms. The molecule has 6 heteroatoms. The van der Waals surface area contributed by atoms with Crippen molar-refractivity contribution in [3.8, 4) is 0 Å². The number of hydrogen-bond donors (Lipinski definition) is 2. The molecule has 0 saturated carbocycles. The first kappa shape index (κ1) is 14.9. The van der Waals surface area contributed by atoms with Gasteiger partial charge in [-0.3, -0.25) is 9.59 Å². The second kappa shape index (κ2) is 6.70. The minimum atomic E-state index is -0.0922. The van der Waals surface area contributed by atoms with Gasteiger partial charge in [-0.1, -0.05) is 18.3 Å². The molecule has 0 aliphatic rings. The van der Waals surface area contributed by atoms with Gasteiger partial charge in [-0.2, -0.15) is 0 Å². The van der Waals surface area contributed by atoms with E-state index in [1.165, 1.54) is 11.3 Å². The Morgan fingerprint density at radius 1 is 1.50 bits per heavy atom. The zero-order chi connectivity index (χ0) is 13.7. The Hall–Kier alpha value is -1.14. The fraction of sp³-hybridized carbons (Fsp3) is 0.667. The number of aromatic nitrogens is 1. The molecule has 0 aliphatic carbocycles. The van der Waals surface area contributed by atoms with Crippen molar-refractivity contribution in [1.29, 1.82) is 0 Å². The standard InChI is InChI=1S/C12H20N2O3S/c1-8(7-15)6-13-11(16)4-5-14-9(2)10(3)18-12(14)17/h8,15H,4-7H2,1-3H3,(H,13,16). The van der Waals surface area contributed by atoms with Gasteiger partial charge in [-0.05, 0) is 19.8 Å². The van der Waals surface area contributed by atoms with Crippen molar-refractivity contribution in [1.82, 2.24) is 9.88 Å². The van der Waals surface area contributed by atoms with Gasteiger partial charge in [0.25, 0.3) is 0 Å². The topological polar surface area (TPSA) is 71.3 Å². The number of rotatable bonds is 6. The molecule has 2 N–H and O–H groups in total. The predicted molar refractivity (Wildman–Crippen MR) is 71.9 cm³/mol. The molecule has 1 heterocycles. The summed E-state index contributed by atoms with van der Waals surface area (Å²) in [4.78, 5) is 24.1. The van der Waals surface area contributed by atoms with Crippen molar-refractivity contribution in [2.24, 2.45) is 5.92 Å². The molecule has 1 aromatic heterocycles. The largest absolute Gasteiger partial charge is 0.396 e. The van der Waals surface area contributed by atoms with Crippen LogP contribution in [-0.4, -0.2) is 28.7 Å². The zero-order valence-corrected chi connectivity index (χ0v) is 11.8. The zero-order valence-electron chi connectivity index (χ0n) is 11.0. The smallest absolute Gasteiger partial charge is 0.307 e. The van der Waals surface area contributed by atoms with Crippen molar-refractivity contribution in [3.05, 3.63) is 20.2 Å². The Labute approximate surface area is 110 Å². The second-order valence-electron chi connectivity index (χ2n) is 4.50. The summed E-state index contributed by atoms with van der Waals surface area (Å²) in [6.45, 7) is 6.58. The van der Waals surface area contributed by atoms with Crippen molar-refractivity contribution in [3.63, 3.8) is 0 Å². The fourth-order valence-corrected chi connectivity index (χ4v) is 2.36. The molecule has 1 amide bonds. The van der Waals surface area contributed by atoms with Crippen LogP contribution < -0.4 is 10.2 Å². The van der Waals surface area contributed by atoms with Crippen molar-refractivity contribution in [2.45, 2.75) is 33.7 Å². The van der Waals surface area contributed by atoms with E-state index >= 15 is 0 Å². The molecule has 0 fully saturated rings. The lowest BCUT2D eigenvalue weighted by atomic mass is 10.2. The molecular weight excluding hydrogens is 252 g/mol. The number of aliphatic hydroxyl groups is 1. The highest BCUT2D eigenvalue weighted by Gasteiger charge is 2.10. The highest BCUT2D eigenvalue weighted by atomic mass is 32.1. The molecule has 0 spiro atoms. The van der Waals surface area contributed by atoms with E-state index < -0.39 is 0 Å². The minimum Gasteiger partial charge on any atom is -0.396 e. The highest BCUT2D eigenvalue weighted by Crippen LogP contribution is 2.09. The highest BCUT2D eigenvalue weighted by molar-refractivity contribution is 7.09. The monoisotopic (exact) mass is 272 g/mol. The van der Waals surface area contributed by atoms with Gasteiger partial charge in [0.15, 0.2) is 0 Å². The van der Waals surface area contributed by atoms with Gasteiger partial charge < -0.3 is 15.0 Å². The van der Waals surface area contributed by atoms with Crippen LogP contribution in [0.5, 0.6) is 0 Å². The van der Waals surface area contributed by atoms with E-state index in [9.17, 15) is 9.59 Å². The number of aryl methyl sites for hydroxylation is 1. The van der Waals surface area contributed by atoms with Gasteiger partial charge in [0, 0.05) is 36.7 Å². The molecule has 0 aliphatic heterocycles. The fourth-order valence-electron chi connectivity index (χ4n) is 1.50. The van der Waals surface area contributed by atoms with Crippen LogP contribution in [0, 0.1) is 19.8 Å². The summed E-state index contributed by atoms with van der Waals surface area (Å²) >= 11 is 1.21. The third-order valence-electron chi connectivity index (χ3n) is 2.90. The molecule has 1 unspecified atom stereocenters. The number of nitrogens with zero attached hydrogens (tertiary/aromatic N) is 1. The van der Waals surface area contributed by atoms with Gasteiger partial charge in [0.2, 0.25) is 5.91 Å². The number of carbonyl (C=O) groups excluding carboxylic acids is 1. The molecule has 0 saturated heterocycles. The number of aliphatic hydroxyl groups excluding tert-OH is 1. The van der Waals surface area contributed by atoms with Crippen LogP contribution in [-0.2, 0) is 11.3 Å². The minimum absolute atomic E-state index is 0.0125. The van der Waals surface area contributed by atoms with E-state index in [0.29, 0.717) is 13.1 Å². The molecule has 0 aromatic carbocycles. The summed E-state index contributed by atoms with van der Waals surface area (Å²) in [6.07, 6.45) is 0.287. The maximum atomic E-state index is 11.6. The molecule has 0 bridgehead atoms. The Morgan fingerprint density at radius 2 is 2.17 bits per heavy atom. The van der Waals surface area contributed by atoms with Crippen LogP contribution >= 0.6 is 11.3 Å². The van der Waals surface area contributed by atoms with Crippen LogP contribution in [0.1, 0.15) is 23.9 Å². The molecule has 0 radical (unpaired) electrons. The lowest BCUT2D eigenvalue weighted by molar-refractivity contribution is -0.121. The van der Waals surface area contributed by atoms with Crippen molar-refractivity contribution < 1.29 is 9.90 Å². The first-order valence-corrected chi connectivity index (χ1v) is 6.81. The van der Waals surface area contributed by atoms with Crippen LogP contribution in [0.2, 0.25) is 0 Å². The third kappa shape index (κ3) is 3.96. The van der Waals surface area contributed by atoms with Gasteiger partial charge in [0.1, 0.15) is 0 Å². The van der Waals surface area contributed by atoms with E-state index in [1.807, 2.05) is 20.8 Å². The van der Waals surface area contributed by atoms with E-state index in [-0.39, 0.29) is 29.7 Å². The van der Waals surface area contributed by atoms with Crippen molar-refractivity contribution in [2.75, 3.05) is 13.2 Å². The van der Waals surface area contributed by atoms with Crippen LogP contribution in [0.4, 0.5) is 0 Å². The summed E-state index contributed by atoms with van der Waals surface area (Å²) in [5.74, 6) is -0.0350. The Balaban J connectivity index is 2.45. The SMILES string of the molecule is Cc1sc(=O)n(CCC(=O)NCC(C)CO)c1C. The average molecular weight is 272 g/mol. The first-order chi connectivity index (χ1) is 8.45. The molecule has 5 nitrogen and oxygen atoms in total. The molecule has 1 aromatic rings. The number of nitrogens with one attached hydrogen (secondary N) is 1. The third-order valence-corrected chi connectivity index (χ3v) is 3.89.